The lowest BCUT2D eigenvalue weighted by molar-refractivity contribution is 0.821. The van der Waals surface area contributed by atoms with Crippen LogP contribution in [0.5, 0.6) is 0 Å². The Morgan fingerprint density at radius 1 is 1.00 bits per heavy atom. The SMILES string of the molecule is Cc1ccc(C)c(Cn2ccc3cccc(CCN)c32)c1. The van der Waals surface area contributed by atoms with E-state index in [0.29, 0.717) is 6.54 Å². The monoisotopic (exact) mass is 278 g/mol. The van der Waals surface area contributed by atoms with Crippen LogP contribution in [0.15, 0.2) is 48.7 Å². The zero-order chi connectivity index (χ0) is 14.8. The molecule has 1 aromatic heterocycles. The van der Waals surface area contributed by atoms with E-state index in [-0.39, 0.29) is 0 Å². The minimum atomic E-state index is 0.688. The van der Waals surface area contributed by atoms with Crippen molar-refractivity contribution in [3.05, 3.63) is 70.9 Å². The van der Waals surface area contributed by atoms with Gasteiger partial charge in [-0.3, -0.25) is 0 Å². The summed E-state index contributed by atoms with van der Waals surface area (Å²) >= 11 is 0. The number of hydrogen-bond acceptors (Lipinski definition) is 1. The fraction of sp³-hybridized carbons (Fsp3) is 0.263. The number of rotatable bonds is 4. The molecule has 0 atom stereocenters. The first-order valence-electron chi connectivity index (χ1n) is 7.52. The molecule has 0 amide bonds. The van der Waals surface area contributed by atoms with Crippen molar-refractivity contribution in [1.82, 2.24) is 4.57 Å². The number of fused-ring (bicyclic) bond motifs is 1. The summed E-state index contributed by atoms with van der Waals surface area (Å²) < 4.78 is 2.35. The summed E-state index contributed by atoms with van der Waals surface area (Å²) in [5, 5.41) is 1.30. The molecule has 0 unspecified atom stereocenters. The maximum Gasteiger partial charge on any atom is 0.0516 e. The highest BCUT2D eigenvalue weighted by atomic mass is 15.0. The molecule has 2 nitrogen and oxygen atoms in total. The summed E-state index contributed by atoms with van der Waals surface area (Å²) in [6.45, 7) is 5.93. The third-order valence-corrected chi connectivity index (χ3v) is 4.13. The Balaban J connectivity index is 2.06. The summed E-state index contributed by atoms with van der Waals surface area (Å²) in [7, 11) is 0. The van der Waals surface area contributed by atoms with Gasteiger partial charge < -0.3 is 10.3 Å². The fourth-order valence-corrected chi connectivity index (χ4v) is 2.98. The van der Waals surface area contributed by atoms with Gasteiger partial charge in [0.05, 0.1) is 5.52 Å². The standard InChI is InChI=1S/C19H22N2/c1-14-6-7-15(2)18(12-14)13-21-11-9-17-5-3-4-16(8-10-20)19(17)21/h3-7,9,11-12H,8,10,13,20H2,1-2H3. The molecule has 2 N–H and O–H groups in total. The summed E-state index contributed by atoms with van der Waals surface area (Å²) in [4.78, 5) is 0. The van der Waals surface area contributed by atoms with E-state index in [0.717, 1.165) is 13.0 Å². The Hall–Kier alpha value is -2.06. The molecular formula is C19H22N2. The van der Waals surface area contributed by atoms with Gasteiger partial charge in [-0.25, -0.2) is 0 Å². The van der Waals surface area contributed by atoms with Crippen molar-refractivity contribution in [2.75, 3.05) is 6.54 Å². The van der Waals surface area contributed by atoms with Crippen molar-refractivity contribution in [2.24, 2.45) is 5.73 Å². The van der Waals surface area contributed by atoms with E-state index < -0.39 is 0 Å². The number of para-hydroxylation sites is 1. The first-order chi connectivity index (χ1) is 10.2. The van der Waals surface area contributed by atoms with Crippen LogP contribution in [0.4, 0.5) is 0 Å². The number of aromatic nitrogens is 1. The van der Waals surface area contributed by atoms with Gasteiger partial charge in [-0.2, -0.15) is 0 Å². The first-order valence-corrected chi connectivity index (χ1v) is 7.52. The molecule has 0 bridgehead atoms. The van der Waals surface area contributed by atoms with Crippen molar-refractivity contribution < 1.29 is 0 Å². The topological polar surface area (TPSA) is 30.9 Å². The molecule has 0 saturated carbocycles. The molecular weight excluding hydrogens is 256 g/mol. The van der Waals surface area contributed by atoms with Gasteiger partial charge in [-0.15, -0.1) is 0 Å². The van der Waals surface area contributed by atoms with Crippen LogP contribution in [0.2, 0.25) is 0 Å². The van der Waals surface area contributed by atoms with Gasteiger partial charge in [0.1, 0.15) is 0 Å². The average Bonchev–Trinajstić information content (AvgIpc) is 2.88. The number of benzene rings is 2. The molecule has 0 saturated heterocycles. The summed E-state index contributed by atoms with van der Waals surface area (Å²) in [6.07, 6.45) is 3.11. The lowest BCUT2D eigenvalue weighted by atomic mass is 10.0. The number of hydrogen-bond donors (Lipinski definition) is 1. The third-order valence-electron chi connectivity index (χ3n) is 4.13. The molecule has 3 rings (SSSR count). The summed E-state index contributed by atoms with van der Waals surface area (Å²) in [6, 6.07) is 15.3. The highest BCUT2D eigenvalue weighted by Crippen LogP contribution is 2.23. The van der Waals surface area contributed by atoms with E-state index in [9.17, 15) is 0 Å². The van der Waals surface area contributed by atoms with E-state index in [1.165, 1.54) is 33.2 Å². The van der Waals surface area contributed by atoms with Gasteiger partial charge in [0.2, 0.25) is 0 Å². The molecule has 0 radical (unpaired) electrons. The zero-order valence-electron chi connectivity index (χ0n) is 12.8. The predicted octanol–water partition coefficient (Wildman–Crippen LogP) is 3.81. The van der Waals surface area contributed by atoms with Crippen LogP contribution in [0.3, 0.4) is 0 Å². The van der Waals surface area contributed by atoms with Crippen LogP contribution in [-0.2, 0) is 13.0 Å². The van der Waals surface area contributed by atoms with Gasteiger partial charge in [-0.1, -0.05) is 42.0 Å². The van der Waals surface area contributed by atoms with Gasteiger partial charge in [0.15, 0.2) is 0 Å². The summed E-state index contributed by atoms with van der Waals surface area (Å²) in [5.74, 6) is 0. The molecule has 0 aliphatic carbocycles. The molecule has 3 aromatic rings. The third kappa shape index (κ3) is 2.72. The van der Waals surface area contributed by atoms with E-state index in [4.69, 9.17) is 5.73 Å². The Labute approximate surface area is 126 Å². The second-order valence-electron chi connectivity index (χ2n) is 5.77. The van der Waals surface area contributed by atoms with E-state index in [1.54, 1.807) is 0 Å². The number of nitrogens with zero attached hydrogens (tertiary/aromatic N) is 1. The second kappa shape index (κ2) is 5.74. The van der Waals surface area contributed by atoms with Crippen LogP contribution in [0, 0.1) is 13.8 Å². The maximum absolute atomic E-state index is 5.76. The van der Waals surface area contributed by atoms with Crippen molar-refractivity contribution in [2.45, 2.75) is 26.8 Å². The van der Waals surface area contributed by atoms with Crippen molar-refractivity contribution >= 4 is 10.9 Å². The fourth-order valence-electron chi connectivity index (χ4n) is 2.98. The van der Waals surface area contributed by atoms with Gasteiger partial charge in [0.25, 0.3) is 0 Å². The van der Waals surface area contributed by atoms with Crippen LogP contribution in [-0.4, -0.2) is 11.1 Å². The molecule has 2 heteroatoms. The van der Waals surface area contributed by atoms with E-state index >= 15 is 0 Å². The average molecular weight is 278 g/mol. The highest BCUT2D eigenvalue weighted by molar-refractivity contribution is 5.83. The maximum atomic E-state index is 5.76. The highest BCUT2D eigenvalue weighted by Gasteiger charge is 2.08. The summed E-state index contributed by atoms with van der Waals surface area (Å²) in [5.41, 5.74) is 12.5. The Morgan fingerprint density at radius 2 is 1.86 bits per heavy atom. The molecule has 21 heavy (non-hydrogen) atoms. The zero-order valence-corrected chi connectivity index (χ0v) is 12.8. The quantitative estimate of drug-likeness (QED) is 0.773. The van der Waals surface area contributed by atoms with Gasteiger partial charge in [-0.05, 0) is 55.0 Å². The Morgan fingerprint density at radius 3 is 2.67 bits per heavy atom. The van der Waals surface area contributed by atoms with Gasteiger partial charge >= 0.3 is 0 Å². The molecule has 2 aromatic carbocycles. The lowest BCUT2D eigenvalue weighted by Gasteiger charge is -2.12. The molecule has 108 valence electrons. The largest absolute Gasteiger partial charge is 0.343 e. The molecule has 1 heterocycles. The van der Waals surface area contributed by atoms with Gasteiger partial charge in [0, 0.05) is 12.7 Å². The normalized spacial score (nSPS) is 11.2. The van der Waals surface area contributed by atoms with E-state index in [2.05, 4.69) is 67.1 Å². The Bertz CT molecular complexity index is 768. The minimum Gasteiger partial charge on any atom is -0.343 e. The van der Waals surface area contributed by atoms with Crippen LogP contribution in [0.25, 0.3) is 10.9 Å². The molecule has 0 fully saturated rings. The smallest absolute Gasteiger partial charge is 0.0516 e. The molecule has 0 aliphatic heterocycles. The second-order valence-corrected chi connectivity index (χ2v) is 5.77. The first kappa shape index (κ1) is 13.9. The molecule has 0 spiro atoms. The van der Waals surface area contributed by atoms with Crippen LogP contribution in [0.1, 0.15) is 22.3 Å². The van der Waals surface area contributed by atoms with Crippen molar-refractivity contribution in [3.8, 4) is 0 Å². The van der Waals surface area contributed by atoms with Crippen LogP contribution < -0.4 is 5.73 Å². The Kier molecular flexibility index (Phi) is 3.80. The van der Waals surface area contributed by atoms with Crippen LogP contribution >= 0.6 is 0 Å². The number of aryl methyl sites for hydroxylation is 2. The lowest BCUT2D eigenvalue weighted by Crippen LogP contribution is -2.06. The number of nitrogens with two attached hydrogens (primary N) is 1. The van der Waals surface area contributed by atoms with Crippen molar-refractivity contribution in [3.63, 3.8) is 0 Å². The molecule has 0 aliphatic rings. The van der Waals surface area contributed by atoms with Crippen molar-refractivity contribution in [1.29, 1.82) is 0 Å². The van der Waals surface area contributed by atoms with E-state index in [1.807, 2.05) is 0 Å². The minimum absolute atomic E-state index is 0.688. The predicted molar refractivity (Wildman–Crippen MR) is 89.7 cm³/mol.